The van der Waals surface area contributed by atoms with E-state index in [-0.39, 0.29) is 0 Å². The van der Waals surface area contributed by atoms with E-state index >= 15 is 0 Å². The fourth-order valence-corrected chi connectivity index (χ4v) is 2.01. The zero-order valence-corrected chi connectivity index (χ0v) is 11.9. The van der Waals surface area contributed by atoms with Gasteiger partial charge >= 0.3 is 41.6 Å². The fourth-order valence-electron chi connectivity index (χ4n) is 0.671. The second-order valence-corrected chi connectivity index (χ2v) is 7.86. The van der Waals surface area contributed by atoms with Gasteiger partial charge in [0.2, 0.25) is 0 Å². The summed E-state index contributed by atoms with van der Waals surface area (Å²) in [7, 11) is 2.25. The van der Waals surface area contributed by atoms with Crippen molar-refractivity contribution >= 4 is 17.1 Å². The molecule has 0 aromatic heterocycles. The van der Waals surface area contributed by atoms with Crippen LogP contribution in [-0.2, 0) is 19.7 Å². The third-order valence-electron chi connectivity index (χ3n) is 1.43. The summed E-state index contributed by atoms with van der Waals surface area (Å²) in [5, 5.41) is 0. The van der Waals surface area contributed by atoms with Gasteiger partial charge in [-0.3, -0.25) is 0 Å². The van der Waals surface area contributed by atoms with Crippen molar-refractivity contribution in [2.75, 3.05) is 24.2 Å². The molecule has 0 saturated heterocycles. The maximum atomic E-state index is 2.41. The van der Waals surface area contributed by atoms with Crippen LogP contribution in [0.5, 0.6) is 0 Å². The van der Waals surface area contributed by atoms with Crippen LogP contribution in [0.4, 0.5) is 0 Å². The van der Waals surface area contributed by atoms with E-state index in [1.165, 1.54) is 24.2 Å². The van der Waals surface area contributed by atoms with Crippen molar-refractivity contribution in [3.63, 3.8) is 0 Å². The molecule has 0 aliphatic rings. The maximum absolute atomic E-state index is 2.41. The number of rotatable bonds is 4. The number of hydrogen-bond acceptors (Lipinski definition) is 1. The minimum absolute atomic E-state index is 0.446. The van der Waals surface area contributed by atoms with Crippen LogP contribution in [0, 0.1) is 0 Å². The van der Waals surface area contributed by atoms with Crippen LogP contribution in [0.15, 0.2) is 0 Å². The third-order valence-corrected chi connectivity index (χ3v) is 6.16. The van der Waals surface area contributed by atoms with E-state index in [2.05, 4.69) is 47.4 Å². The van der Waals surface area contributed by atoms with E-state index in [4.69, 9.17) is 0 Å². The van der Waals surface area contributed by atoms with Crippen molar-refractivity contribution in [2.45, 2.75) is 27.7 Å². The summed E-state index contributed by atoms with van der Waals surface area (Å²) in [5.41, 5.74) is 0. The predicted octanol–water partition coefficient (Wildman–Crippen LogP) is 3.73. The Morgan fingerprint density at radius 1 is 1.00 bits per heavy atom. The monoisotopic (exact) mass is 376 g/mol. The molecule has 0 heterocycles. The molecule has 3 heteroatoms. The number of hydrogen-bond donors (Lipinski definition) is 0. The Morgan fingerprint density at radius 3 is 1.27 bits per heavy atom. The summed E-state index contributed by atoms with van der Waals surface area (Å²) in [6.45, 7) is 9.00. The molecule has 0 unspecified atom stereocenters. The standard InChI is InChI=1S/C6H15P.C2H6S.Au/c1-4-7(5-2)6-3;1-2-3;/h4-6H2,1-3H3;3H,2H2,1H3;/q;;+1/p-1. The van der Waals surface area contributed by atoms with Crippen molar-refractivity contribution < 1.29 is 19.7 Å². The first-order valence-electron chi connectivity index (χ1n) is 4.19. The van der Waals surface area contributed by atoms with Gasteiger partial charge in [0, 0.05) is 0 Å². The van der Waals surface area contributed by atoms with Gasteiger partial charge in [-0.05, 0) is 18.5 Å². The molecule has 0 atom stereocenters. The van der Waals surface area contributed by atoms with Gasteiger partial charge < -0.3 is 0 Å². The van der Waals surface area contributed by atoms with E-state index in [9.17, 15) is 0 Å². The molecular weight excluding hydrogens is 356 g/mol. The minimum atomic E-state index is 0.446. The van der Waals surface area contributed by atoms with Gasteiger partial charge in [0.1, 0.15) is 0 Å². The molecule has 0 rings (SSSR count). The Bertz CT molecular complexity index is 50.5. The first-order valence-corrected chi connectivity index (χ1v) is 9.56. The Labute approximate surface area is 88.5 Å². The molecule has 0 amide bonds. The summed E-state index contributed by atoms with van der Waals surface area (Å²) < 4.78 is 0. The second kappa shape index (κ2) is 14.1. The van der Waals surface area contributed by atoms with Crippen molar-refractivity contribution in [3.05, 3.63) is 0 Å². The van der Waals surface area contributed by atoms with Gasteiger partial charge in [0.25, 0.3) is 0 Å². The molecule has 0 bridgehead atoms. The molecule has 0 aromatic rings. The quantitative estimate of drug-likeness (QED) is 0.532. The molecule has 0 aromatic carbocycles. The summed E-state index contributed by atoms with van der Waals surface area (Å²) in [6, 6.07) is 0. The SMILES string of the molecule is CCP(CC)CC.CC[S][Au]. The van der Waals surface area contributed by atoms with Gasteiger partial charge in [-0.2, -0.15) is 0 Å². The van der Waals surface area contributed by atoms with Crippen molar-refractivity contribution in [3.8, 4) is 0 Å². The van der Waals surface area contributed by atoms with Gasteiger partial charge in [0.15, 0.2) is 0 Å². The molecule has 74 valence electrons. The Hall–Kier alpha value is 1.52. The van der Waals surface area contributed by atoms with Crippen LogP contribution in [0.1, 0.15) is 27.7 Å². The molecule has 11 heavy (non-hydrogen) atoms. The first kappa shape index (κ1) is 15.0. The van der Waals surface area contributed by atoms with Crippen LogP contribution in [0.25, 0.3) is 0 Å². The van der Waals surface area contributed by atoms with Gasteiger partial charge in [-0.15, -0.1) is 7.92 Å². The summed E-state index contributed by atoms with van der Waals surface area (Å²) in [6.07, 6.45) is 4.26. The van der Waals surface area contributed by atoms with Crippen LogP contribution in [0.3, 0.4) is 0 Å². The van der Waals surface area contributed by atoms with Crippen LogP contribution >= 0.6 is 17.1 Å². The second-order valence-electron chi connectivity index (χ2n) is 2.00. The molecule has 0 aliphatic carbocycles. The van der Waals surface area contributed by atoms with E-state index in [0.717, 1.165) is 0 Å². The van der Waals surface area contributed by atoms with Crippen LogP contribution < -0.4 is 0 Å². The van der Waals surface area contributed by atoms with E-state index in [1.54, 1.807) is 9.23 Å². The first-order chi connectivity index (χ1) is 5.26. The summed E-state index contributed by atoms with van der Waals surface area (Å²) >= 11 is 2.41. The predicted molar refractivity (Wildman–Crippen MR) is 56.7 cm³/mol. The summed E-state index contributed by atoms with van der Waals surface area (Å²) in [4.78, 5) is 0. The van der Waals surface area contributed by atoms with E-state index < -0.39 is 0 Å². The Balaban J connectivity index is 0. The molecule has 0 aliphatic heterocycles. The Morgan fingerprint density at radius 2 is 1.27 bits per heavy atom. The molecule has 0 saturated carbocycles. The molecule has 0 nitrogen and oxygen atoms in total. The Kier molecular flexibility index (Phi) is 19.2. The fraction of sp³-hybridized carbons (Fsp3) is 1.00. The van der Waals surface area contributed by atoms with Crippen molar-refractivity contribution in [2.24, 2.45) is 0 Å². The van der Waals surface area contributed by atoms with Gasteiger partial charge in [-0.1, -0.05) is 20.8 Å². The molecular formula is C8H20AuPS. The van der Waals surface area contributed by atoms with Gasteiger partial charge in [0.05, 0.1) is 0 Å². The molecule has 0 fully saturated rings. The average molecular weight is 376 g/mol. The normalized spacial score (nSPS) is 9.36. The summed E-state index contributed by atoms with van der Waals surface area (Å²) in [5.74, 6) is 1.21. The third kappa shape index (κ3) is 14.4. The van der Waals surface area contributed by atoms with E-state index in [1.807, 2.05) is 0 Å². The van der Waals surface area contributed by atoms with Crippen molar-refractivity contribution in [1.29, 1.82) is 0 Å². The molecule has 0 N–H and O–H groups in total. The van der Waals surface area contributed by atoms with Gasteiger partial charge in [-0.25, -0.2) is 0 Å². The molecule has 0 spiro atoms. The molecule has 0 radical (unpaired) electrons. The average Bonchev–Trinajstić information content (AvgIpc) is 2.08. The van der Waals surface area contributed by atoms with E-state index in [0.29, 0.717) is 7.92 Å². The van der Waals surface area contributed by atoms with Crippen LogP contribution in [-0.4, -0.2) is 24.2 Å². The van der Waals surface area contributed by atoms with Crippen LogP contribution in [0.2, 0.25) is 0 Å². The van der Waals surface area contributed by atoms with Crippen molar-refractivity contribution in [1.82, 2.24) is 0 Å². The topological polar surface area (TPSA) is 0 Å². The zero-order chi connectivity index (χ0) is 9.11. The zero-order valence-electron chi connectivity index (χ0n) is 7.99.